The second-order valence-electron chi connectivity index (χ2n) is 9.18. The number of hydrogen-bond acceptors (Lipinski definition) is 4. The number of benzene rings is 2. The normalized spacial score (nSPS) is 13.1. The summed E-state index contributed by atoms with van der Waals surface area (Å²) in [6.45, 7) is 4.58. The molecule has 0 bridgehead atoms. The molecule has 210 valence electrons. The molecule has 2 unspecified atom stereocenters. The maximum Gasteiger partial charge on any atom is 0.383 e. The van der Waals surface area contributed by atoms with E-state index in [-0.39, 0.29) is 13.0 Å². The molecule has 0 aromatic heterocycles. The standard InChI is InChI=1S/C28H31Cl2F2N3O4/c1-4-14-33-27(39)28(31,32)25(37)24(17(2)3)35-26(38)22(16-18-8-6-5-7-9-18)34-23(36)13-11-19-10-12-20(29)21(30)15-19/h5-13,15,17,22,24H,4,14,16H2,1-3H3,(H,33,39)(H,34,36)(H,35,38). The van der Waals surface area contributed by atoms with Crippen LogP contribution in [-0.4, -0.2) is 48.1 Å². The predicted molar refractivity (Wildman–Crippen MR) is 148 cm³/mol. The molecule has 3 amide bonds. The highest BCUT2D eigenvalue weighted by Crippen LogP contribution is 2.23. The third kappa shape index (κ3) is 9.44. The van der Waals surface area contributed by atoms with Crippen molar-refractivity contribution in [1.29, 1.82) is 0 Å². The van der Waals surface area contributed by atoms with Crippen LogP contribution >= 0.6 is 23.2 Å². The van der Waals surface area contributed by atoms with E-state index in [9.17, 15) is 28.0 Å². The van der Waals surface area contributed by atoms with Crippen LogP contribution in [0.15, 0.2) is 54.6 Å². The van der Waals surface area contributed by atoms with Crippen LogP contribution < -0.4 is 16.0 Å². The zero-order valence-electron chi connectivity index (χ0n) is 21.8. The first-order valence-corrected chi connectivity index (χ1v) is 13.1. The number of halogens is 4. The third-order valence-corrected chi connectivity index (χ3v) is 6.40. The first-order chi connectivity index (χ1) is 18.4. The molecule has 2 atom stereocenters. The fraction of sp³-hybridized carbons (Fsp3) is 0.357. The molecule has 7 nitrogen and oxygen atoms in total. The zero-order valence-corrected chi connectivity index (χ0v) is 23.3. The number of ketones is 1. The molecule has 0 radical (unpaired) electrons. The molecule has 0 fully saturated rings. The van der Waals surface area contributed by atoms with Gasteiger partial charge in [0.25, 0.3) is 5.91 Å². The largest absolute Gasteiger partial charge is 0.383 e. The lowest BCUT2D eigenvalue weighted by molar-refractivity contribution is -0.161. The summed E-state index contributed by atoms with van der Waals surface area (Å²) in [7, 11) is 0. The molecule has 2 aromatic rings. The third-order valence-electron chi connectivity index (χ3n) is 5.66. The van der Waals surface area contributed by atoms with Gasteiger partial charge >= 0.3 is 5.92 Å². The maximum atomic E-state index is 14.7. The fourth-order valence-electron chi connectivity index (χ4n) is 3.51. The van der Waals surface area contributed by atoms with Crippen LogP contribution in [0.1, 0.15) is 38.3 Å². The number of hydrogen-bond donors (Lipinski definition) is 3. The van der Waals surface area contributed by atoms with Crippen LogP contribution in [-0.2, 0) is 25.6 Å². The smallest absolute Gasteiger partial charge is 0.350 e. The van der Waals surface area contributed by atoms with Crippen molar-refractivity contribution in [3.8, 4) is 0 Å². The van der Waals surface area contributed by atoms with Gasteiger partial charge in [-0.2, -0.15) is 8.78 Å². The molecule has 39 heavy (non-hydrogen) atoms. The van der Waals surface area contributed by atoms with Gasteiger partial charge in [-0.15, -0.1) is 0 Å². The molecule has 0 saturated heterocycles. The van der Waals surface area contributed by atoms with Gasteiger partial charge in [0.1, 0.15) is 6.04 Å². The number of Topliss-reactive ketones (excluding diaryl/α,β-unsaturated/α-hetero) is 1. The van der Waals surface area contributed by atoms with E-state index in [0.717, 1.165) is 0 Å². The molecular formula is C28H31Cl2F2N3O4. The Morgan fingerprint density at radius 1 is 0.974 bits per heavy atom. The Morgan fingerprint density at radius 3 is 2.23 bits per heavy atom. The Hall–Kier alpha value is -3.30. The number of alkyl halides is 2. The van der Waals surface area contributed by atoms with Crippen molar-refractivity contribution < 1.29 is 28.0 Å². The Kier molecular flexibility index (Phi) is 12.1. The van der Waals surface area contributed by atoms with E-state index in [0.29, 0.717) is 27.6 Å². The summed E-state index contributed by atoms with van der Waals surface area (Å²) in [5.74, 6) is -10.1. The van der Waals surface area contributed by atoms with Crippen molar-refractivity contribution >= 4 is 52.8 Å². The summed E-state index contributed by atoms with van der Waals surface area (Å²) in [5.41, 5.74) is 1.26. The molecular weight excluding hydrogens is 551 g/mol. The highest BCUT2D eigenvalue weighted by molar-refractivity contribution is 6.42. The lowest BCUT2D eigenvalue weighted by atomic mass is 9.94. The Bertz CT molecular complexity index is 1210. The van der Waals surface area contributed by atoms with Gasteiger partial charge < -0.3 is 16.0 Å². The quantitative estimate of drug-likeness (QED) is 0.237. The van der Waals surface area contributed by atoms with Crippen LogP contribution in [0.4, 0.5) is 8.78 Å². The summed E-state index contributed by atoms with van der Waals surface area (Å²) >= 11 is 11.9. The fourth-order valence-corrected chi connectivity index (χ4v) is 3.82. The van der Waals surface area contributed by atoms with Crippen molar-refractivity contribution in [2.24, 2.45) is 5.92 Å². The van der Waals surface area contributed by atoms with E-state index in [1.165, 1.54) is 26.0 Å². The molecule has 0 spiro atoms. The molecule has 0 aliphatic heterocycles. The lowest BCUT2D eigenvalue weighted by Gasteiger charge is -2.27. The first kappa shape index (κ1) is 31.9. The average molecular weight is 582 g/mol. The van der Waals surface area contributed by atoms with Gasteiger partial charge in [-0.3, -0.25) is 19.2 Å². The van der Waals surface area contributed by atoms with Crippen LogP contribution in [0.5, 0.6) is 0 Å². The van der Waals surface area contributed by atoms with Gasteiger partial charge in [-0.25, -0.2) is 0 Å². The van der Waals surface area contributed by atoms with E-state index in [1.54, 1.807) is 55.5 Å². The minimum atomic E-state index is -4.35. The summed E-state index contributed by atoms with van der Waals surface area (Å²) in [5, 5.41) is 7.54. The zero-order chi connectivity index (χ0) is 29.2. The predicted octanol–water partition coefficient (Wildman–Crippen LogP) is 4.61. The van der Waals surface area contributed by atoms with E-state index >= 15 is 0 Å². The second kappa shape index (κ2) is 14.7. The Balaban J connectivity index is 2.25. The SMILES string of the molecule is CCCNC(=O)C(F)(F)C(=O)C(NC(=O)C(Cc1ccccc1)NC(=O)C=Cc1ccc(Cl)c(Cl)c1)C(C)C. The molecule has 2 aromatic carbocycles. The van der Waals surface area contributed by atoms with Crippen molar-refractivity contribution in [3.05, 3.63) is 75.8 Å². The van der Waals surface area contributed by atoms with E-state index in [1.807, 2.05) is 5.32 Å². The Morgan fingerprint density at radius 2 is 1.64 bits per heavy atom. The van der Waals surface area contributed by atoms with Crippen LogP contribution in [0.3, 0.4) is 0 Å². The number of carbonyl (C=O) groups excluding carboxylic acids is 4. The van der Waals surface area contributed by atoms with E-state index in [4.69, 9.17) is 23.2 Å². The number of carbonyl (C=O) groups is 4. The second-order valence-corrected chi connectivity index (χ2v) is 10.00. The molecule has 0 saturated carbocycles. The molecule has 2 rings (SSSR count). The molecule has 0 aliphatic rings. The lowest BCUT2D eigenvalue weighted by Crippen LogP contribution is -2.59. The minimum absolute atomic E-state index is 0.0193. The van der Waals surface area contributed by atoms with Gasteiger partial charge in [-0.1, -0.05) is 80.4 Å². The van der Waals surface area contributed by atoms with Crippen LogP contribution in [0, 0.1) is 5.92 Å². The van der Waals surface area contributed by atoms with Crippen LogP contribution in [0.25, 0.3) is 6.08 Å². The van der Waals surface area contributed by atoms with Crippen molar-refractivity contribution in [1.82, 2.24) is 16.0 Å². The summed E-state index contributed by atoms with van der Waals surface area (Å²) in [4.78, 5) is 50.6. The molecule has 3 N–H and O–H groups in total. The number of amides is 3. The highest BCUT2D eigenvalue weighted by atomic mass is 35.5. The topological polar surface area (TPSA) is 104 Å². The number of rotatable bonds is 13. The van der Waals surface area contributed by atoms with Gasteiger partial charge in [-0.05, 0) is 41.7 Å². The van der Waals surface area contributed by atoms with Crippen molar-refractivity contribution in [2.45, 2.75) is 51.6 Å². The van der Waals surface area contributed by atoms with Crippen molar-refractivity contribution in [3.63, 3.8) is 0 Å². The van der Waals surface area contributed by atoms with Crippen molar-refractivity contribution in [2.75, 3.05) is 6.54 Å². The van der Waals surface area contributed by atoms with Gasteiger partial charge in [0.2, 0.25) is 17.6 Å². The Labute approximate surface area is 236 Å². The first-order valence-electron chi connectivity index (χ1n) is 12.3. The highest BCUT2D eigenvalue weighted by Gasteiger charge is 2.51. The minimum Gasteiger partial charge on any atom is -0.350 e. The van der Waals surface area contributed by atoms with Gasteiger partial charge in [0.15, 0.2) is 0 Å². The molecule has 11 heteroatoms. The van der Waals surface area contributed by atoms with Gasteiger partial charge in [0, 0.05) is 19.0 Å². The average Bonchev–Trinajstić information content (AvgIpc) is 2.90. The summed E-state index contributed by atoms with van der Waals surface area (Å²) in [6.07, 6.45) is 3.07. The summed E-state index contributed by atoms with van der Waals surface area (Å²) < 4.78 is 29.3. The van der Waals surface area contributed by atoms with E-state index in [2.05, 4.69) is 10.6 Å². The molecule has 0 heterocycles. The monoisotopic (exact) mass is 581 g/mol. The van der Waals surface area contributed by atoms with Gasteiger partial charge in [0.05, 0.1) is 16.1 Å². The van der Waals surface area contributed by atoms with E-state index < -0.39 is 47.4 Å². The summed E-state index contributed by atoms with van der Waals surface area (Å²) in [6, 6.07) is 10.6. The molecule has 0 aliphatic carbocycles. The number of nitrogens with one attached hydrogen (secondary N) is 3. The maximum absolute atomic E-state index is 14.7. The van der Waals surface area contributed by atoms with Crippen LogP contribution in [0.2, 0.25) is 10.0 Å².